The number of hydrogen-bond donors (Lipinski definition) is 0. The van der Waals surface area contributed by atoms with Crippen molar-refractivity contribution in [3.05, 3.63) is 12.7 Å². The molecule has 3 nitrogen and oxygen atoms in total. The molecule has 0 spiro atoms. The molecule has 0 aliphatic carbocycles. The molecule has 0 N–H and O–H groups in total. The van der Waals surface area contributed by atoms with Gasteiger partial charge in [0, 0.05) is 31.0 Å². The number of rotatable bonds is 6. The summed E-state index contributed by atoms with van der Waals surface area (Å²) in [5.74, 6) is 5.31. The third-order valence-electron chi connectivity index (χ3n) is 2.93. The lowest BCUT2D eigenvalue weighted by molar-refractivity contribution is -0.114. The van der Waals surface area contributed by atoms with Gasteiger partial charge in [0.15, 0.2) is 5.78 Å². The molecule has 16 heavy (non-hydrogen) atoms. The van der Waals surface area contributed by atoms with Gasteiger partial charge in [0.05, 0.1) is 0 Å². The minimum atomic E-state index is -1.77. The average molecular weight is 243 g/mol. The fourth-order valence-electron chi connectivity index (χ4n) is 1.77. The molecule has 1 aliphatic rings. The number of allylic oxidation sites excluding steroid dienone is 1. The van der Waals surface area contributed by atoms with E-state index in [4.69, 9.17) is 0 Å². The zero-order chi connectivity index (χ0) is 12.0. The van der Waals surface area contributed by atoms with E-state index < -0.39 is 9.52 Å². The van der Waals surface area contributed by atoms with E-state index in [1.165, 1.54) is 6.08 Å². The summed E-state index contributed by atoms with van der Waals surface area (Å²) >= 11 is 0. The van der Waals surface area contributed by atoms with E-state index in [-0.39, 0.29) is 5.78 Å². The molecule has 1 aliphatic heterocycles. The van der Waals surface area contributed by atoms with Crippen LogP contribution in [0.4, 0.5) is 0 Å². The number of unbranched alkanes of at least 4 members (excludes halogenated alkanes) is 1. The van der Waals surface area contributed by atoms with E-state index in [1.54, 1.807) is 0 Å². The van der Waals surface area contributed by atoms with Gasteiger partial charge in [-0.3, -0.25) is 9.00 Å². The number of ketones is 1. The maximum absolute atomic E-state index is 11.6. The van der Waals surface area contributed by atoms with Crippen molar-refractivity contribution in [1.29, 1.82) is 0 Å². The molecule has 0 bridgehead atoms. The molecule has 92 valence electrons. The standard InChI is InChI=1S/C12H21NO2S/c1-3-12(14)6-4-5-7-13-8-10-16(2,15)11-9-13/h3H,1-2,4-11H2. The molecule has 4 heteroatoms. The lowest BCUT2D eigenvalue weighted by atomic mass is 10.1. The second-order valence-corrected chi connectivity index (χ2v) is 7.09. The highest BCUT2D eigenvalue weighted by molar-refractivity contribution is 8.00. The molecule has 1 rings (SSSR count). The van der Waals surface area contributed by atoms with Crippen LogP contribution in [0.15, 0.2) is 12.7 Å². The Morgan fingerprint density at radius 3 is 2.50 bits per heavy atom. The zero-order valence-electron chi connectivity index (χ0n) is 9.82. The first kappa shape index (κ1) is 13.5. The second kappa shape index (κ2) is 6.21. The van der Waals surface area contributed by atoms with Gasteiger partial charge in [-0.05, 0) is 40.9 Å². The van der Waals surface area contributed by atoms with E-state index >= 15 is 0 Å². The molecule has 0 aromatic carbocycles. The Bertz CT molecular complexity index is 332. The van der Waals surface area contributed by atoms with Gasteiger partial charge in [0.2, 0.25) is 0 Å². The van der Waals surface area contributed by atoms with Crippen LogP contribution in [0.1, 0.15) is 19.3 Å². The smallest absolute Gasteiger partial charge is 0.155 e. The summed E-state index contributed by atoms with van der Waals surface area (Å²) in [6, 6.07) is 0. The van der Waals surface area contributed by atoms with Crippen LogP contribution in [-0.4, -0.2) is 51.9 Å². The molecule has 0 aromatic rings. The number of carbonyl (C=O) groups excluding carboxylic acids is 1. The summed E-state index contributed by atoms with van der Waals surface area (Å²) in [7, 11) is -1.77. The monoisotopic (exact) mass is 243 g/mol. The minimum Gasteiger partial charge on any atom is -0.302 e. The topological polar surface area (TPSA) is 37.4 Å². The van der Waals surface area contributed by atoms with Crippen molar-refractivity contribution in [3.8, 4) is 0 Å². The van der Waals surface area contributed by atoms with E-state index in [0.717, 1.165) is 44.0 Å². The largest absolute Gasteiger partial charge is 0.302 e. The molecule has 0 saturated carbocycles. The van der Waals surface area contributed by atoms with Gasteiger partial charge in [-0.15, -0.1) is 0 Å². The van der Waals surface area contributed by atoms with Gasteiger partial charge >= 0.3 is 0 Å². The molecule has 1 saturated heterocycles. The zero-order valence-corrected chi connectivity index (χ0v) is 10.6. The van der Waals surface area contributed by atoms with E-state index in [9.17, 15) is 9.00 Å². The minimum absolute atomic E-state index is 0.124. The van der Waals surface area contributed by atoms with Crippen LogP contribution in [0.2, 0.25) is 0 Å². The van der Waals surface area contributed by atoms with Crippen molar-refractivity contribution in [3.63, 3.8) is 0 Å². The maximum Gasteiger partial charge on any atom is 0.155 e. The highest BCUT2D eigenvalue weighted by Gasteiger charge is 2.16. The van der Waals surface area contributed by atoms with Gasteiger partial charge in [0.25, 0.3) is 0 Å². The maximum atomic E-state index is 11.6. The highest BCUT2D eigenvalue weighted by atomic mass is 32.2. The molecule has 0 amide bonds. The Balaban J connectivity index is 2.11. The number of nitrogens with zero attached hydrogens (tertiary/aromatic N) is 1. The summed E-state index contributed by atoms with van der Waals surface area (Å²) in [4.78, 5) is 13.3. The van der Waals surface area contributed by atoms with Crippen LogP contribution in [-0.2, 0) is 14.3 Å². The fraction of sp³-hybridized carbons (Fsp3) is 0.667. The first-order chi connectivity index (χ1) is 7.53. The average Bonchev–Trinajstić information content (AvgIpc) is 2.26. The van der Waals surface area contributed by atoms with Crippen LogP contribution >= 0.6 is 0 Å². The molecular weight excluding hydrogens is 222 g/mol. The van der Waals surface area contributed by atoms with Gasteiger partial charge in [-0.25, -0.2) is 0 Å². The quantitative estimate of drug-likeness (QED) is 0.396. The van der Waals surface area contributed by atoms with Crippen LogP contribution in [0.5, 0.6) is 0 Å². The SMILES string of the molecule is C=CC(=O)CCCCN1CCS(=C)(=O)CC1. The van der Waals surface area contributed by atoms with Crippen LogP contribution < -0.4 is 0 Å². The summed E-state index contributed by atoms with van der Waals surface area (Å²) in [6.07, 6.45) is 3.93. The number of carbonyl (C=O) groups is 1. The van der Waals surface area contributed by atoms with Crippen molar-refractivity contribution in [1.82, 2.24) is 4.90 Å². The summed E-state index contributed by atoms with van der Waals surface area (Å²) in [6.45, 7) is 6.22. The lowest BCUT2D eigenvalue weighted by Gasteiger charge is -2.28. The predicted molar refractivity (Wildman–Crippen MR) is 70.5 cm³/mol. The molecule has 0 radical (unpaired) electrons. The molecule has 1 fully saturated rings. The van der Waals surface area contributed by atoms with Gasteiger partial charge < -0.3 is 4.90 Å². The van der Waals surface area contributed by atoms with Gasteiger partial charge in [0.1, 0.15) is 0 Å². The summed E-state index contributed by atoms with van der Waals surface area (Å²) in [5.41, 5.74) is 0. The summed E-state index contributed by atoms with van der Waals surface area (Å²) in [5, 5.41) is 0. The predicted octanol–water partition coefficient (Wildman–Crippen LogP) is 0.944. The van der Waals surface area contributed by atoms with Crippen molar-refractivity contribution in [2.45, 2.75) is 19.3 Å². The van der Waals surface area contributed by atoms with Gasteiger partial charge in [-0.2, -0.15) is 0 Å². The number of hydrogen-bond acceptors (Lipinski definition) is 3. The van der Waals surface area contributed by atoms with E-state index in [1.807, 2.05) is 0 Å². The molecular formula is C12H21NO2S. The molecule has 0 atom stereocenters. The van der Waals surface area contributed by atoms with E-state index in [2.05, 4.69) is 17.3 Å². The molecule has 1 heterocycles. The van der Waals surface area contributed by atoms with Crippen molar-refractivity contribution in [2.24, 2.45) is 0 Å². The van der Waals surface area contributed by atoms with Crippen molar-refractivity contribution >= 4 is 21.2 Å². The van der Waals surface area contributed by atoms with Gasteiger partial charge in [-0.1, -0.05) is 6.58 Å². The van der Waals surface area contributed by atoms with Crippen LogP contribution in [0.25, 0.3) is 0 Å². The Hall–Kier alpha value is -0.610. The first-order valence-corrected chi connectivity index (χ1v) is 7.80. The van der Waals surface area contributed by atoms with Crippen molar-refractivity contribution < 1.29 is 9.00 Å². The van der Waals surface area contributed by atoms with Crippen LogP contribution in [0, 0.1) is 0 Å². The fourth-order valence-corrected chi connectivity index (χ4v) is 3.15. The highest BCUT2D eigenvalue weighted by Crippen LogP contribution is 2.06. The Morgan fingerprint density at radius 2 is 1.94 bits per heavy atom. The van der Waals surface area contributed by atoms with Crippen molar-refractivity contribution in [2.75, 3.05) is 31.1 Å². The van der Waals surface area contributed by atoms with Crippen LogP contribution in [0.3, 0.4) is 0 Å². The molecule has 0 unspecified atom stereocenters. The lowest BCUT2D eigenvalue weighted by Crippen LogP contribution is -2.40. The Morgan fingerprint density at radius 1 is 1.31 bits per heavy atom. The Labute approximate surface area is 98.5 Å². The first-order valence-electron chi connectivity index (χ1n) is 5.74. The van der Waals surface area contributed by atoms with E-state index in [0.29, 0.717) is 6.42 Å². The Kier molecular flexibility index (Phi) is 5.22. The third-order valence-corrected chi connectivity index (χ3v) is 4.79. The normalized spacial score (nSPS) is 20.5. The second-order valence-electron chi connectivity index (χ2n) is 4.34. The third kappa shape index (κ3) is 4.94. The molecule has 0 aromatic heterocycles. The summed E-state index contributed by atoms with van der Waals surface area (Å²) < 4.78 is 11.6.